The molecule has 2 rings (SSSR count). The molecule has 1 aliphatic rings. The molecule has 0 amide bonds. The van der Waals surface area contributed by atoms with E-state index in [2.05, 4.69) is 20.7 Å². The van der Waals surface area contributed by atoms with E-state index in [4.69, 9.17) is 4.74 Å². The molecular weight excluding hydrogens is 284 g/mol. The molecule has 0 saturated heterocycles. The van der Waals surface area contributed by atoms with Crippen molar-refractivity contribution in [3.63, 3.8) is 0 Å². The summed E-state index contributed by atoms with van der Waals surface area (Å²) in [5.74, 6) is -0.0835. The van der Waals surface area contributed by atoms with Gasteiger partial charge in [0.05, 0.1) is 25.7 Å². The summed E-state index contributed by atoms with van der Waals surface area (Å²) < 4.78 is 11.5. The number of rotatable bonds is 4. The van der Waals surface area contributed by atoms with Crippen LogP contribution in [0.4, 0.5) is 0 Å². The first-order chi connectivity index (χ1) is 8.19. The van der Waals surface area contributed by atoms with Crippen molar-refractivity contribution in [2.75, 3.05) is 7.11 Å². The highest BCUT2D eigenvalue weighted by molar-refractivity contribution is 9.10. The van der Waals surface area contributed by atoms with Crippen molar-refractivity contribution in [3.8, 4) is 0 Å². The Hall–Kier alpha value is -0.870. The summed E-state index contributed by atoms with van der Waals surface area (Å²) >= 11 is 3.42. The molecule has 1 aliphatic carbocycles. The quantitative estimate of drug-likeness (QED) is 0.802. The average molecular weight is 299 g/mol. The molecule has 0 heterocycles. The number of halogens is 1. The summed E-state index contributed by atoms with van der Waals surface area (Å²) in [5.41, 5.74) is 1.14. The molecule has 17 heavy (non-hydrogen) atoms. The van der Waals surface area contributed by atoms with Gasteiger partial charge >= 0.3 is 5.97 Å². The van der Waals surface area contributed by atoms with Gasteiger partial charge in [0.1, 0.15) is 0 Å². The normalized spacial score (nSPS) is 22.9. The maximum Gasteiger partial charge on any atom is 0.308 e. The van der Waals surface area contributed by atoms with Crippen LogP contribution in [-0.4, -0.2) is 19.2 Å². The Balaban J connectivity index is 1.73. The van der Waals surface area contributed by atoms with Crippen LogP contribution in [0.2, 0.25) is 0 Å². The van der Waals surface area contributed by atoms with Crippen LogP contribution in [0.3, 0.4) is 0 Å². The highest BCUT2D eigenvalue weighted by Gasteiger charge is 2.35. The zero-order chi connectivity index (χ0) is 12.3. The van der Waals surface area contributed by atoms with Gasteiger partial charge in [-0.05, 0) is 30.5 Å². The minimum Gasteiger partial charge on any atom is -0.469 e. The summed E-state index contributed by atoms with van der Waals surface area (Å²) in [5, 5.41) is 0. The van der Waals surface area contributed by atoms with Gasteiger partial charge in [-0.3, -0.25) is 4.79 Å². The molecule has 1 aromatic rings. The largest absolute Gasteiger partial charge is 0.469 e. The van der Waals surface area contributed by atoms with Gasteiger partial charge in [0, 0.05) is 4.47 Å². The molecule has 0 unspecified atom stereocenters. The van der Waals surface area contributed by atoms with Crippen LogP contribution in [0.15, 0.2) is 28.7 Å². The molecule has 0 aromatic heterocycles. The second kappa shape index (κ2) is 5.65. The van der Waals surface area contributed by atoms with Gasteiger partial charge in [0.15, 0.2) is 0 Å². The Morgan fingerprint density at radius 2 is 2.24 bits per heavy atom. The standard InChI is InChI=1S/C13H15BrO3/c1-16-13(15)10-6-12(7-10)17-8-9-3-2-4-11(14)5-9/h2-5,10,12H,6-8H2,1H3. The van der Waals surface area contributed by atoms with Crippen LogP contribution >= 0.6 is 15.9 Å². The first-order valence-corrected chi connectivity index (χ1v) is 6.42. The number of methoxy groups -OCH3 is 1. The van der Waals surface area contributed by atoms with Crippen LogP contribution in [0.25, 0.3) is 0 Å². The molecule has 3 nitrogen and oxygen atoms in total. The van der Waals surface area contributed by atoms with Crippen LogP contribution in [0.5, 0.6) is 0 Å². The SMILES string of the molecule is COC(=O)C1CC(OCc2cccc(Br)c2)C1. The Labute approximate surface area is 109 Å². The lowest BCUT2D eigenvalue weighted by Crippen LogP contribution is -2.36. The molecular formula is C13H15BrO3. The van der Waals surface area contributed by atoms with Crippen molar-refractivity contribution in [3.05, 3.63) is 34.3 Å². The number of ether oxygens (including phenoxy) is 2. The first kappa shape index (κ1) is 12.6. The second-order valence-corrected chi connectivity index (χ2v) is 5.17. The fraction of sp³-hybridized carbons (Fsp3) is 0.462. The number of esters is 1. The summed E-state index contributed by atoms with van der Waals surface area (Å²) in [7, 11) is 1.43. The third-order valence-corrected chi connectivity index (χ3v) is 3.50. The summed E-state index contributed by atoms with van der Waals surface area (Å²) in [4.78, 5) is 11.2. The fourth-order valence-electron chi connectivity index (χ4n) is 1.90. The molecule has 92 valence electrons. The number of carbonyl (C=O) groups excluding carboxylic acids is 1. The molecule has 4 heteroatoms. The number of hydrogen-bond acceptors (Lipinski definition) is 3. The molecule has 0 radical (unpaired) electrons. The van der Waals surface area contributed by atoms with E-state index in [1.165, 1.54) is 7.11 Å². The van der Waals surface area contributed by atoms with E-state index in [0.717, 1.165) is 22.9 Å². The van der Waals surface area contributed by atoms with Crippen molar-refractivity contribution < 1.29 is 14.3 Å². The molecule has 1 aromatic carbocycles. The maximum atomic E-state index is 11.2. The Morgan fingerprint density at radius 1 is 1.47 bits per heavy atom. The van der Waals surface area contributed by atoms with E-state index in [1.807, 2.05) is 24.3 Å². The minimum absolute atomic E-state index is 0.0347. The van der Waals surface area contributed by atoms with E-state index in [1.54, 1.807) is 0 Å². The lowest BCUT2D eigenvalue weighted by Gasteiger charge is -2.32. The van der Waals surface area contributed by atoms with Gasteiger partial charge < -0.3 is 9.47 Å². The Kier molecular flexibility index (Phi) is 4.18. The monoisotopic (exact) mass is 298 g/mol. The third-order valence-electron chi connectivity index (χ3n) is 3.00. The van der Waals surface area contributed by atoms with E-state index in [-0.39, 0.29) is 18.0 Å². The summed E-state index contributed by atoms with van der Waals surface area (Å²) in [6, 6.07) is 8.04. The maximum absolute atomic E-state index is 11.2. The van der Waals surface area contributed by atoms with Gasteiger partial charge in [0.25, 0.3) is 0 Å². The number of benzene rings is 1. The predicted octanol–water partition coefficient (Wildman–Crippen LogP) is 2.92. The van der Waals surface area contributed by atoms with E-state index < -0.39 is 0 Å². The lowest BCUT2D eigenvalue weighted by atomic mass is 9.82. The minimum atomic E-state index is -0.118. The van der Waals surface area contributed by atoms with E-state index in [0.29, 0.717) is 6.61 Å². The zero-order valence-electron chi connectivity index (χ0n) is 9.69. The predicted molar refractivity (Wildman–Crippen MR) is 67.5 cm³/mol. The molecule has 0 aliphatic heterocycles. The van der Waals surface area contributed by atoms with Crippen molar-refractivity contribution in [2.45, 2.75) is 25.6 Å². The molecule has 0 spiro atoms. The van der Waals surface area contributed by atoms with Crippen LogP contribution in [0.1, 0.15) is 18.4 Å². The van der Waals surface area contributed by atoms with Crippen molar-refractivity contribution in [2.24, 2.45) is 5.92 Å². The highest BCUT2D eigenvalue weighted by Crippen LogP contribution is 2.31. The highest BCUT2D eigenvalue weighted by atomic mass is 79.9. The second-order valence-electron chi connectivity index (χ2n) is 4.25. The topological polar surface area (TPSA) is 35.5 Å². The third kappa shape index (κ3) is 3.30. The first-order valence-electron chi connectivity index (χ1n) is 5.63. The summed E-state index contributed by atoms with van der Waals surface area (Å²) in [6.45, 7) is 0.595. The Bertz CT molecular complexity index is 399. The van der Waals surface area contributed by atoms with Gasteiger partial charge in [-0.25, -0.2) is 0 Å². The lowest BCUT2D eigenvalue weighted by molar-refractivity contribution is -0.155. The van der Waals surface area contributed by atoms with Crippen LogP contribution in [0, 0.1) is 5.92 Å². The van der Waals surface area contributed by atoms with Gasteiger partial charge in [-0.15, -0.1) is 0 Å². The van der Waals surface area contributed by atoms with Crippen LogP contribution in [-0.2, 0) is 20.9 Å². The van der Waals surface area contributed by atoms with E-state index in [9.17, 15) is 4.79 Å². The van der Waals surface area contributed by atoms with Crippen molar-refractivity contribution in [1.29, 1.82) is 0 Å². The number of hydrogen-bond donors (Lipinski definition) is 0. The number of carbonyl (C=O) groups is 1. The molecule has 0 bridgehead atoms. The van der Waals surface area contributed by atoms with Gasteiger partial charge in [-0.1, -0.05) is 28.1 Å². The average Bonchev–Trinajstić information content (AvgIpc) is 2.26. The van der Waals surface area contributed by atoms with E-state index >= 15 is 0 Å². The zero-order valence-corrected chi connectivity index (χ0v) is 11.3. The summed E-state index contributed by atoms with van der Waals surface area (Å²) in [6.07, 6.45) is 1.75. The smallest absolute Gasteiger partial charge is 0.308 e. The van der Waals surface area contributed by atoms with Crippen molar-refractivity contribution in [1.82, 2.24) is 0 Å². The molecule has 1 saturated carbocycles. The Morgan fingerprint density at radius 3 is 2.88 bits per heavy atom. The molecule has 0 N–H and O–H groups in total. The fourth-order valence-corrected chi connectivity index (χ4v) is 2.35. The van der Waals surface area contributed by atoms with Crippen molar-refractivity contribution >= 4 is 21.9 Å². The van der Waals surface area contributed by atoms with Crippen LogP contribution < -0.4 is 0 Å². The van der Waals surface area contributed by atoms with Gasteiger partial charge in [0.2, 0.25) is 0 Å². The molecule has 0 atom stereocenters. The molecule has 1 fully saturated rings. The van der Waals surface area contributed by atoms with Gasteiger partial charge in [-0.2, -0.15) is 0 Å².